The van der Waals surface area contributed by atoms with Gasteiger partial charge in [0.1, 0.15) is 0 Å². The van der Waals surface area contributed by atoms with Crippen molar-refractivity contribution in [3.63, 3.8) is 0 Å². The number of carbonyl (C=O) groups is 1. The Kier molecular flexibility index (Phi) is 5.87. The Labute approximate surface area is 168 Å². The number of fused-ring (bicyclic) bond motifs is 1. The van der Waals surface area contributed by atoms with Gasteiger partial charge < -0.3 is 11.1 Å². The van der Waals surface area contributed by atoms with Crippen molar-refractivity contribution in [2.75, 3.05) is 14.1 Å². The van der Waals surface area contributed by atoms with E-state index in [-0.39, 0.29) is 17.5 Å². The fourth-order valence-corrected chi connectivity index (χ4v) is 3.21. The first-order chi connectivity index (χ1) is 14.0. The first-order valence-corrected chi connectivity index (χ1v) is 9.18. The summed E-state index contributed by atoms with van der Waals surface area (Å²) in [7, 11) is 3.27. The van der Waals surface area contributed by atoms with Crippen LogP contribution in [0.1, 0.15) is 34.5 Å². The van der Waals surface area contributed by atoms with Crippen LogP contribution in [0, 0.1) is 0 Å². The molecule has 1 aromatic heterocycles. The fourth-order valence-electron chi connectivity index (χ4n) is 3.21. The number of carbonyl (C=O) groups excluding carboxylic acids is 1. The summed E-state index contributed by atoms with van der Waals surface area (Å²) in [6.45, 7) is 1.90. The summed E-state index contributed by atoms with van der Waals surface area (Å²) in [5, 5.41) is 3.12. The van der Waals surface area contributed by atoms with E-state index >= 15 is 0 Å². The Morgan fingerprint density at radius 1 is 1.24 bits per heavy atom. The van der Waals surface area contributed by atoms with Crippen LogP contribution in [0.3, 0.4) is 0 Å². The molecule has 3 aromatic rings. The summed E-state index contributed by atoms with van der Waals surface area (Å²) in [5.41, 5.74) is 8.84. The number of benzene rings is 2. The van der Waals surface area contributed by atoms with Crippen LogP contribution in [-0.4, -0.2) is 35.3 Å². The Morgan fingerprint density at radius 3 is 2.72 bits per heavy atom. The highest BCUT2D eigenvalue weighted by Crippen LogP contribution is 2.19. The van der Waals surface area contributed by atoms with Gasteiger partial charge in [0.05, 0.1) is 29.0 Å². The van der Waals surface area contributed by atoms with E-state index in [4.69, 9.17) is 5.73 Å². The molecule has 2 aromatic carbocycles. The third-order valence-electron chi connectivity index (χ3n) is 4.85. The molecule has 0 saturated heterocycles. The highest BCUT2D eigenvalue weighted by Gasteiger charge is 2.14. The molecule has 0 radical (unpaired) electrons. The molecule has 1 amide bonds. The molecule has 29 heavy (non-hydrogen) atoms. The molecule has 0 aliphatic heterocycles. The summed E-state index contributed by atoms with van der Waals surface area (Å²) in [5.74, 6) is -0.171. The second kappa shape index (κ2) is 8.52. The van der Waals surface area contributed by atoms with Gasteiger partial charge in [-0.15, -0.1) is 0 Å². The largest absolute Gasteiger partial charge is 0.405 e. The molecule has 1 unspecified atom stereocenters. The Bertz CT molecular complexity index is 1180. The van der Waals surface area contributed by atoms with E-state index < -0.39 is 0 Å². The van der Waals surface area contributed by atoms with Gasteiger partial charge in [0.2, 0.25) is 0 Å². The van der Waals surface area contributed by atoms with Gasteiger partial charge in [0, 0.05) is 25.2 Å². The predicted octanol–water partition coefficient (Wildman–Crippen LogP) is 2.26. The quantitative estimate of drug-likeness (QED) is 0.653. The fraction of sp³-hybridized carbons (Fsp3) is 0.182. The zero-order valence-corrected chi connectivity index (χ0v) is 16.6. The van der Waals surface area contributed by atoms with Crippen molar-refractivity contribution in [1.82, 2.24) is 14.9 Å². The molecule has 148 valence electrons. The van der Waals surface area contributed by atoms with Crippen LogP contribution < -0.4 is 16.6 Å². The highest BCUT2D eigenvalue weighted by molar-refractivity contribution is 6.10. The average molecular weight is 389 g/mol. The van der Waals surface area contributed by atoms with Crippen LogP contribution >= 0.6 is 0 Å². The van der Waals surface area contributed by atoms with Crippen molar-refractivity contribution in [2.45, 2.75) is 13.0 Å². The lowest BCUT2D eigenvalue weighted by atomic mass is 10.0. The monoisotopic (exact) mass is 389 g/mol. The molecule has 0 aliphatic carbocycles. The third-order valence-corrected chi connectivity index (χ3v) is 4.85. The minimum Gasteiger partial charge on any atom is -0.405 e. The molecule has 7 nitrogen and oxygen atoms in total. The Morgan fingerprint density at radius 2 is 2.03 bits per heavy atom. The number of aliphatic imine (C=N–C) groups is 1. The van der Waals surface area contributed by atoms with Crippen LogP contribution in [0.15, 0.2) is 70.9 Å². The summed E-state index contributed by atoms with van der Waals surface area (Å²) in [6, 6.07) is 12.3. The van der Waals surface area contributed by atoms with Crippen LogP contribution in [0.4, 0.5) is 0 Å². The van der Waals surface area contributed by atoms with Gasteiger partial charge in [0.25, 0.3) is 11.5 Å². The number of nitrogens with two attached hydrogens (primary N) is 1. The van der Waals surface area contributed by atoms with Crippen LogP contribution in [0.25, 0.3) is 10.9 Å². The molecular weight excluding hydrogens is 366 g/mol. The summed E-state index contributed by atoms with van der Waals surface area (Å²) < 4.78 is 1.57. The zero-order valence-electron chi connectivity index (χ0n) is 16.6. The lowest BCUT2D eigenvalue weighted by molar-refractivity contribution is 0.0963. The molecule has 3 N–H and O–H groups in total. The van der Waals surface area contributed by atoms with E-state index in [2.05, 4.69) is 15.3 Å². The normalized spacial score (nSPS) is 13.0. The number of amides is 1. The van der Waals surface area contributed by atoms with Gasteiger partial charge in [-0.05, 0) is 49.0 Å². The van der Waals surface area contributed by atoms with Crippen molar-refractivity contribution >= 4 is 22.5 Å². The van der Waals surface area contributed by atoms with Gasteiger partial charge in [0.15, 0.2) is 0 Å². The maximum atomic E-state index is 13.1. The molecule has 0 saturated carbocycles. The minimum atomic E-state index is -0.281. The highest BCUT2D eigenvalue weighted by atomic mass is 16.1. The van der Waals surface area contributed by atoms with E-state index in [1.165, 1.54) is 12.5 Å². The Balaban J connectivity index is 2.04. The second-order valence-electron chi connectivity index (χ2n) is 6.54. The Hall–Kier alpha value is -3.74. The van der Waals surface area contributed by atoms with E-state index in [0.29, 0.717) is 22.2 Å². The maximum absolute atomic E-state index is 13.1. The van der Waals surface area contributed by atoms with Crippen molar-refractivity contribution in [3.05, 3.63) is 88.1 Å². The van der Waals surface area contributed by atoms with E-state index in [1.54, 1.807) is 49.0 Å². The van der Waals surface area contributed by atoms with Crippen molar-refractivity contribution < 1.29 is 4.79 Å². The van der Waals surface area contributed by atoms with Gasteiger partial charge in [-0.1, -0.05) is 18.2 Å². The zero-order chi connectivity index (χ0) is 21.0. The number of hydrogen-bond acceptors (Lipinski definition) is 5. The molecule has 0 fully saturated rings. The number of nitrogens with zero attached hydrogens (tertiary/aromatic N) is 3. The number of rotatable bonds is 5. The van der Waals surface area contributed by atoms with Gasteiger partial charge in [-0.3, -0.25) is 19.1 Å². The maximum Gasteiger partial charge on any atom is 0.261 e. The van der Waals surface area contributed by atoms with Crippen molar-refractivity contribution in [2.24, 2.45) is 10.7 Å². The molecular formula is C22H23N5O2. The summed E-state index contributed by atoms with van der Waals surface area (Å²) >= 11 is 0. The number of aromatic nitrogens is 2. The molecule has 3 rings (SSSR count). The molecule has 0 bridgehead atoms. The molecule has 0 aliphatic rings. The van der Waals surface area contributed by atoms with E-state index in [0.717, 1.165) is 11.1 Å². The molecule has 0 spiro atoms. The smallest absolute Gasteiger partial charge is 0.261 e. The summed E-state index contributed by atoms with van der Waals surface area (Å²) in [4.78, 5) is 33.7. The van der Waals surface area contributed by atoms with Gasteiger partial charge in [-0.2, -0.15) is 0 Å². The van der Waals surface area contributed by atoms with Crippen molar-refractivity contribution in [3.8, 4) is 0 Å². The predicted molar refractivity (Wildman–Crippen MR) is 115 cm³/mol. The molecule has 1 atom stereocenters. The standard InChI is InChI=1S/C22H23N5O2/c1-14(15-5-4-6-17(11-15)21(28)25-3)27-13-26-20-12-16(19(24-2)9-10-23)7-8-18(20)22(27)29/h4-14H,23H2,1-3H3,(H,25,28)/b10-9-,24-19?. The topological polar surface area (TPSA) is 102 Å². The van der Waals surface area contributed by atoms with E-state index in [1.807, 2.05) is 25.1 Å². The number of allylic oxidation sites excluding steroid dienone is 1. The van der Waals surface area contributed by atoms with Crippen LogP contribution in [0.5, 0.6) is 0 Å². The molecule has 7 heteroatoms. The molecule has 1 heterocycles. The average Bonchev–Trinajstić information content (AvgIpc) is 2.76. The van der Waals surface area contributed by atoms with Crippen molar-refractivity contribution in [1.29, 1.82) is 0 Å². The first-order valence-electron chi connectivity index (χ1n) is 9.18. The SMILES string of the molecule is CN=C(/C=C\N)c1ccc2c(=O)n(C(C)c3cccc(C(=O)NC)c3)cnc2c1. The minimum absolute atomic E-state index is 0.149. The van der Waals surface area contributed by atoms with Gasteiger partial charge in [-0.25, -0.2) is 4.98 Å². The van der Waals surface area contributed by atoms with Gasteiger partial charge >= 0.3 is 0 Å². The second-order valence-corrected chi connectivity index (χ2v) is 6.54. The number of hydrogen-bond donors (Lipinski definition) is 2. The number of nitrogens with one attached hydrogen (secondary N) is 1. The summed E-state index contributed by atoms with van der Waals surface area (Å²) in [6.07, 6.45) is 4.66. The first kappa shape index (κ1) is 20.0. The van der Waals surface area contributed by atoms with Crippen LogP contribution in [0.2, 0.25) is 0 Å². The lowest BCUT2D eigenvalue weighted by Crippen LogP contribution is -2.25. The lowest BCUT2D eigenvalue weighted by Gasteiger charge is -2.16. The third kappa shape index (κ3) is 3.94. The van der Waals surface area contributed by atoms with E-state index in [9.17, 15) is 9.59 Å². The van der Waals surface area contributed by atoms with Crippen LogP contribution in [-0.2, 0) is 0 Å².